The zero-order valence-electron chi connectivity index (χ0n) is 17.9. The maximum absolute atomic E-state index is 12.6. The summed E-state index contributed by atoms with van der Waals surface area (Å²) in [6.07, 6.45) is 0. The van der Waals surface area contributed by atoms with Gasteiger partial charge in [-0.25, -0.2) is 0 Å². The van der Waals surface area contributed by atoms with Crippen LogP contribution in [0.2, 0.25) is 10.0 Å². The summed E-state index contributed by atoms with van der Waals surface area (Å²) in [5, 5.41) is 13.1. The van der Waals surface area contributed by atoms with Crippen LogP contribution in [0.25, 0.3) is 17.1 Å². The number of carbonyl (C=O) groups excluding carboxylic acids is 1. The number of aromatic nitrogens is 3. The van der Waals surface area contributed by atoms with Crippen LogP contribution in [0, 0.1) is 6.92 Å². The molecule has 0 aliphatic rings. The third-order valence-electron chi connectivity index (χ3n) is 4.81. The van der Waals surface area contributed by atoms with Crippen molar-refractivity contribution >= 4 is 46.6 Å². The van der Waals surface area contributed by atoms with Crippen LogP contribution in [-0.4, -0.2) is 33.5 Å². The molecule has 1 aromatic heterocycles. The Morgan fingerprint density at radius 3 is 2.42 bits per heavy atom. The van der Waals surface area contributed by atoms with Crippen molar-refractivity contribution in [3.63, 3.8) is 0 Å². The van der Waals surface area contributed by atoms with E-state index in [4.69, 9.17) is 27.9 Å². The highest BCUT2D eigenvalue weighted by molar-refractivity contribution is 7.99. The smallest absolute Gasteiger partial charge is 0.234 e. The Labute approximate surface area is 205 Å². The van der Waals surface area contributed by atoms with Crippen molar-refractivity contribution in [1.82, 2.24) is 14.8 Å². The summed E-state index contributed by atoms with van der Waals surface area (Å²) < 4.78 is 7.21. The van der Waals surface area contributed by atoms with E-state index in [0.717, 1.165) is 22.6 Å². The van der Waals surface area contributed by atoms with Crippen LogP contribution < -0.4 is 10.1 Å². The van der Waals surface area contributed by atoms with Gasteiger partial charge < -0.3 is 10.1 Å². The molecule has 0 saturated carbocycles. The number of aryl methyl sites for hydroxylation is 1. The van der Waals surface area contributed by atoms with Gasteiger partial charge in [0.1, 0.15) is 5.75 Å². The number of ether oxygens (including phenoxy) is 1. The molecule has 168 valence electrons. The Kier molecular flexibility index (Phi) is 7.23. The fraction of sp³-hybridized carbons (Fsp3) is 0.125. The lowest BCUT2D eigenvalue weighted by molar-refractivity contribution is -0.113. The second-order valence-electron chi connectivity index (χ2n) is 7.17. The highest BCUT2D eigenvalue weighted by Gasteiger charge is 2.18. The Morgan fingerprint density at radius 2 is 1.76 bits per heavy atom. The van der Waals surface area contributed by atoms with Crippen LogP contribution in [0.1, 0.15) is 5.56 Å². The number of rotatable bonds is 7. The zero-order valence-corrected chi connectivity index (χ0v) is 20.2. The van der Waals surface area contributed by atoms with Gasteiger partial charge in [-0.05, 0) is 49.4 Å². The molecule has 0 atom stereocenters. The van der Waals surface area contributed by atoms with E-state index in [9.17, 15) is 4.79 Å². The minimum absolute atomic E-state index is 0.126. The maximum atomic E-state index is 12.6. The van der Waals surface area contributed by atoms with Gasteiger partial charge in [0, 0.05) is 16.3 Å². The highest BCUT2D eigenvalue weighted by atomic mass is 35.5. The summed E-state index contributed by atoms with van der Waals surface area (Å²) in [4.78, 5) is 12.6. The minimum Gasteiger partial charge on any atom is -0.497 e. The second kappa shape index (κ2) is 10.3. The highest BCUT2D eigenvalue weighted by Crippen LogP contribution is 2.30. The molecule has 0 spiro atoms. The molecule has 33 heavy (non-hydrogen) atoms. The fourth-order valence-corrected chi connectivity index (χ4v) is 4.33. The number of hydrogen-bond acceptors (Lipinski definition) is 5. The van der Waals surface area contributed by atoms with Gasteiger partial charge in [-0.2, -0.15) is 0 Å². The number of thioether (sulfide) groups is 1. The van der Waals surface area contributed by atoms with Gasteiger partial charge >= 0.3 is 0 Å². The first kappa shape index (κ1) is 23.2. The van der Waals surface area contributed by atoms with Gasteiger partial charge in [-0.1, -0.05) is 64.8 Å². The summed E-state index contributed by atoms with van der Waals surface area (Å²) in [5.41, 5.74) is 3.44. The number of amides is 1. The largest absolute Gasteiger partial charge is 0.497 e. The van der Waals surface area contributed by atoms with Crippen molar-refractivity contribution in [2.24, 2.45) is 0 Å². The predicted octanol–water partition coefficient (Wildman–Crippen LogP) is 6.29. The molecular formula is C24H20Cl2N4O2S. The van der Waals surface area contributed by atoms with E-state index in [0.29, 0.717) is 26.7 Å². The van der Waals surface area contributed by atoms with Gasteiger partial charge in [-0.15, -0.1) is 10.2 Å². The third kappa shape index (κ3) is 5.50. The second-order valence-corrected chi connectivity index (χ2v) is 8.95. The van der Waals surface area contributed by atoms with E-state index in [1.54, 1.807) is 25.3 Å². The van der Waals surface area contributed by atoms with Crippen LogP contribution in [0.4, 0.5) is 5.69 Å². The number of benzene rings is 3. The van der Waals surface area contributed by atoms with Gasteiger partial charge in [0.15, 0.2) is 11.0 Å². The zero-order chi connectivity index (χ0) is 23.4. The van der Waals surface area contributed by atoms with Crippen LogP contribution >= 0.6 is 35.0 Å². The molecule has 0 saturated heterocycles. The van der Waals surface area contributed by atoms with Crippen molar-refractivity contribution < 1.29 is 9.53 Å². The van der Waals surface area contributed by atoms with E-state index in [1.807, 2.05) is 60.0 Å². The number of nitrogens with one attached hydrogen (secondary N) is 1. The summed E-state index contributed by atoms with van der Waals surface area (Å²) in [5.74, 6) is 1.34. The molecule has 0 radical (unpaired) electrons. The van der Waals surface area contributed by atoms with E-state index in [2.05, 4.69) is 15.5 Å². The van der Waals surface area contributed by atoms with E-state index >= 15 is 0 Å². The monoisotopic (exact) mass is 498 g/mol. The normalized spacial score (nSPS) is 10.8. The molecule has 3 aromatic carbocycles. The predicted molar refractivity (Wildman–Crippen MR) is 134 cm³/mol. The summed E-state index contributed by atoms with van der Waals surface area (Å²) in [6.45, 7) is 2.03. The lowest BCUT2D eigenvalue weighted by Gasteiger charge is -2.12. The molecule has 0 aliphatic carbocycles. The Balaban J connectivity index is 1.60. The van der Waals surface area contributed by atoms with Crippen LogP contribution in [-0.2, 0) is 4.79 Å². The molecule has 6 nitrogen and oxygen atoms in total. The molecule has 4 rings (SSSR count). The Morgan fingerprint density at radius 1 is 1.03 bits per heavy atom. The summed E-state index contributed by atoms with van der Waals surface area (Å²) >= 11 is 13.4. The molecule has 1 N–H and O–H groups in total. The van der Waals surface area contributed by atoms with Gasteiger partial charge in [-0.3, -0.25) is 9.36 Å². The lowest BCUT2D eigenvalue weighted by atomic mass is 10.1. The molecule has 4 aromatic rings. The van der Waals surface area contributed by atoms with Crippen molar-refractivity contribution in [2.75, 3.05) is 18.2 Å². The summed E-state index contributed by atoms with van der Waals surface area (Å²) in [6, 6.07) is 20.6. The van der Waals surface area contributed by atoms with E-state index < -0.39 is 0 Å². The SMILES string of the molecule is COc1ccc(-n2c(SCC(=O)Nc3ccc(Cl)cc3Cl)nnc2-c2ccc(C)cc2)cc1. The molecule has 9 heteroatoms. The maximum Gasteiger partial charge on any atom is 0.234 e. The van der Waals surface area contributed by atoms with Gasteiger partial charge in [0.05, 0.1) is 23.6 Å². The number of anilines is 1. The van der Waals surface area contributed by atoms with Crippen molar-refractivity contribution in [3.8, 4) is 22.8 Å². The quantitative estimate of drug-likeness (QED) is 0.303. The first-order valence-electron chi connectivity index (χ1n) is 9.99. The molecule has 0 aliphatic heterocycles. The number of halogens is 2. The fourth-order valence-electron chi connectivity index (χ4n) is 3.12. The first-order chi connectivity index (χ1) is 15.9. The number of nitrogens with zero attached hydrogens (tertiary/aromatic N) is 3. The topological polar surface area (TPSA) is 69.0 Å². The lowest BCUT2D eigenvalue weighted by Crippen LogP contribution is -2.15. The first-order valence-corrected chi connectivity index (χ1v) is 11.7. The van der Waals surface area contributed by atoms with Crippen LogP contribution in [0.15, 0.2) is 71.9 Å². The number of methoxy groups -OCH3 is 1. The van der Waals surface area contributed by atoms with Gasteiger partial charge in [0.2, 0.25) is 5.91 Å². The standard InChI is InChI=1S/C24H20Cl2N4O2S/c1-15-3-5-16(6-4-15)23-28-29-24(30(23)18-8-10-19(32-2)11-9-18)33-14-22(31)27-21-12-7-17(25)13-20(21)26/h3-13H,14H2,1-2H3,(H,27,31). The minimum atomic E-state index is -0.217. The molecular weight excluding hydrogens is 479 g/mol. The average molecular weight is 499 g/mol. The Hall–Kier alpha value is -3.00. The van der Waals surface area contributed by atoms with Crippen LogP contribution in [0.3, 0.4) is 0 Å². The Bertz CT molecular complexity index is 1270. The number of carbonyl (C=O) groups is 1. The third-order valence-corrected chi connectivity index (χ3v) is 6.29. The number of hydrogen-bond donors (Lipinski definition) is 1. The van der Waals surface area contributed by atoms with Crippen molar-refractivity contribution in [1.29, 1.82) is 0 Å². The van der Waals surface area contributed by atoms with Crippen molar-refractivity contribution in [3.05, 3.63) is 82.3 Å². The van der Waals surface area contributed by atoms with Crippen LogP contribution in [0.5, 0.6) is 5.75 Å². The molecule has 0 fully saturated rings. The summed E-state index contributed by atoms with van der Waals surface area (Å²) in [7, 11) is 1.62. The van der Waals surface area contributed by atoms with Crippen molar-refractivity contribution in [2.45, 2.75) is 12.1 Å². The van der Waals surface area contributed by atoms with E-state index in [-0.39, 0.29) is 11.7 Å². The molecule has 0 unspecified atom stereocenters. The van der Waals surface area contributed by atoms with E-state index in [1.165, 1.54) is 11.8 Å². The molecule has 1 amide bonds. The molecule has 1 heterocycles. The van der Waals surface area contributed by atoms with Gasteiger partial charge in [0.25, 0.3) is 0 Å². The molecule has 0 bridgehead atoms. The average Bonchev–Trinajstić information content (AvgIpc) is 3.24.